The van der Waals surface area contributed by atoms with Gasteiger partial charge in [0, 0.05) is 36.3 Å². The quantitative estimate of drug-likeness (QED) is 0.315. The van der Waals surface area contributed by atoms with E-state index < -0.39 is 12.3 Å². The Labute approximate surface area is 231 Å². The molecule has 1 fully saturated rings. The Bertz CT molecular complexity index is 1330. The van der Waals surface area contributed by atoms with Crippen LogP contribution in [0.25, 0.3) is 0 Å². The highest BCUT2D eigenvalue weighted by Gasteiger charge is 2.47. The Hall–Kier alpha value is -3.85. The summed E-state index contributed by atoms with van der Waals surface area (Å²) in [6.07, 6.45) is -1.56. The molecule has 0 bridgehead atoms. The van der Waals surface area contributed by atoms with E-state index in [9.17, 15) is 27.9 Å². The van der Waals surface area contributed by atoms with E-state index in [2.05, 4.69) is 21.8 Å². The molecular weight excluding hydrogens is 521 g/mol. The Kier molecular flexibility index (Phi) is 8.12. The van der Waals surface area contributed by atoms with E-state index in [1.54, 1.807) is 0 Å². The molecule has 3 aromatic carbocycles. The number of halogens is 3. The number of aliphatic carboxylic acids is 1. The first-order chi connectivity index (χ1) is 19.2. The van der Waals surface area contributed by atoms with Crippen molar-refractivity contribution in [1.29, 1.82) is 0 Å². The zero-order valence-electron chi connectivity index (χ0n) is 21.9. The van der Waals surface area contributed by atoms with Crippen molar-refractivity contribution in [3.8, 4) is 5.75 Å². The van der Waals surface area contributed by atoms with Gasteiger partial charge in [-0.3, -0.25) is 14.5 Å². The molecule has 9 heteroatoms. The van der Waals surface area contributed by atoms with Gasteiger partial charge in [0.15, 0.2) is 0 Å². The van der Waals surface area contributed by atoms with Crippen LogP contribution in [0.1, 0.15) is 59.6 Å². The fourth-order valence-electron chi connectivity index (χ4n) is 6.26. The number of anilines is 1. The first kappa shape index (κ1) is 27.7. The van der Waals surface area contributed by atoms with Crippen LogP contribution >= 0.6 is 0 Å². The minimum atomic E-state index is -4.81. The van der Waals surface area contributed by atoms with Crippen LogP contribution in [0.15, 0.2) is 78.9 Å². The van der Waals surface area contributed by atoms with E-state index in [1.807, 2.05) is 47.4 Å². The van der Waals surface area contributed by atoms with E-state index in [0.29, 0.717) is 19.5 Å². The smallest absolute Gasteiger partial charge is 0.481 e. The van der Waals surface area contributed by atoms with Crippen molar-refractivity contribution in [1.82, 2.24) is 4.90 Å². The molecule has 1 heterocycles. The molecule has 3 atom stereocenters. The van der Waals surface area contributed by atoms with Crippen LogP contribution in [0, 0.1) is 5.92 Å². The van der Waals surface area contributed by atoms with Crippen molar-refractivity contribution in [3.63, 3.8) is 0 Å². The highest BCUT2D eigenvalue weighted by molar-refractivity contribution is 6.07. The minimum absolute atomic E-state index is 0.00990. The molecule has 0 radical (unpaired) electrons. The standard InChI is InChI=1S/C31H31F3N2O4/c32-31(33,34)40-23-17-15-22(16-18-23)30(39)36-26-12-5-4-10-24(26)29(25-11-6-13-27(25)36)35(19-7-14-28(37)38)20-21-8-2-1-3-9-21/h1-5,8-10,12,15-18,25,27,29H,6-7,11,13-14,19-20H2,(H,37,38). The van der Waals surface area contributed by atoms with Crippen molar-refractivity contribution in [2.24, 2.45) is 5.92 Å². The third kappa shape index (κ3) is 6.14. The summed E-state index contributed by atoms with van der Waals surface area (Å²) in [6.45, 7) is 1.25. The second-order valence-corrected chi connectivity index (χ2v) is 10.4. The largest absolute Gasteiger partial charge is 0.573 e. The Balaban J connectivity index is 1.49. The van der Waals surface area contributed by atoms with Crippen LogP contribution in [0.2, 0.25) is 0 Å². The maximum absolute atomic E-state index is 13.9. The van der Waals surface area contributed by atoms with Gasteiger partial charge >= 0.3 is 12.3 Å². The summed E-state index contributed by atoms with van der Waals surface area (Å²) in [5.74, 6) is -1.34. The molecule has 0 spiro atoms. The Morgan fingerprint density at radius 3 is 2.35 bits per heavy atom. The number of fused-ring (bicyclic) bond motifs is 2. The summed E-state index contributed by atoms with van der Waals surface area (Å²) in [5, 5.41) is 9.28. The molecular formula is C31H31F3N2O4. The fraction of sp³-hybridized carbons (Fsp3) is 0.355. The lowest BCUT2D eigenvalue weighted by molar-refractivity contribution is -0.274. The predicted octanol–water partition coefficient (Wildman–Crippen LogP) is 6.82. The van der Waals surface area contributed by atoms with E-state index in [4.69, 9.17) is 0 Å². The summed E-state index contributed by atoms with van der Waals surface area (Å²) in [7, 11) is 0. The molecule has 0 saturated heterocycles. The lowest BCUT2D eigenvalue weighted by Crippen LogP contribution is -2.51. The molecule has 1 aliphatic carbocycles. The van der Waals surface area contributed by atoms with E-state index in [-0.39, 0.29) is 41.6 Å². The van der Waals surface area contributed by atoms with Gasteiger partial charge in [-0.15, -0.1) is 13.2 Å². The van der Waals surface area contributed by atoms with Crippen molar-refractivity contribution in [2.45, 2.75) is 57.1 Å². The Morgan fingerprint density at radius 1 is 0.950 bits per heavy atom. The van der Waals surface area contributed by atoms with Gasteiger partial charge in [0.25, 0.3) is 5.91 Å². The topological polar surface area (TPSA) is 70.1 Å². The van der Waals surface area contributed by atoms with E-state index in [0.717, 1.165) is 48.2 Å². The highest BCUT2D eigenvalue weighted by atomic mass is 19.4. The molecule has 210 valence electrons. The monoisotopic (exact) mass is 552 g/mol. The number of carboxylic acid groups (broad SMARTS) is 1. The molecule has 5 rings (SSSR count). The van der Waals surface area contributed by atoms with Crippen LogP contribution in [0.5, 0.6) is 5.75 Å². The summed E-state index contributed by atoms with van der Waals surface area (Å²) in [5.41, 5.74) is 3.20. The van der Waals surface area contributed by atoms with Gasteiger partial charge in [-0.1, -0.05) is 55.0 Å². The first-order valence-electron chi connectivity index (χ1n) is 13.5. The van der Waals surface area contributed by atoms with Crippen molar-refractivity contribution < 1.29 is 32.6 Å². The molecule has 0 aromatic heterocycles. The number of carboxylic acids is 1. The molecule has 1 amide bonds. The zero-order chi connectivity index (χ0) is 28.3. The first-order valence-corrected chi connectivity index (χ1v) is 13.5. The molecule has 1 N–H and O–H groups in total. The molecule has 2 aliphatic rings. The van der Waals surface area contributed by atoms with Gasteiger partial charge in [-0.25, -0.2) is 0 Å². The van der Waals surface area contributed by atoms with Gasteiger partial charge in [0.2, 0.25) is 0 Å². The maximum atomic E-state index is 13.9. The summed E-state index contributed by atoms with van der Waals surface area (Å²) in [6, 6.07) is 22.8. The zero-order valence-corrected chi connectivity index (χ0v) is 21.9. The average Bonchev–Trinajstić information content (AvgIpc) is 3.40. The van der Waals surface area contributed by atoms with Crippen LogP contribution in [0.4, 0.5) is 18.9 Å². The number of rotatable bonds is 9. The summed E-state index contributed by atoms with van der Waals surface area (Å²) in [4.78, 5) is 29.4. The number of hydrogen-bond acceptors (Lipinski definition) is 4. The lowest BCUT2D eigenvalue weighted by Gasteiger charge is -2.48. The Morgan fingerprint density at radius 2 is 1.65 bits per heavy atom. The average molecular weight is 553 g/mol. The van der Waals surface area contributed by atoms with Crippen molar-refractivity contribution >= 4 is 17.6 Å². The van der Waals surface area contributed by atoms with Gasteiger partial charge in [-0.05, 0) is 73.2 Å². The number of para-hydroxylation sites is 1. The van der Waals surface area contributed by atoms with Crippen LogP contribution in [-0.2, 0) is 11.3 Å². The normalized spacial score (nSPS) is 20.2. The SMILES string of the molecule is O=C(O)CCCN(Cc1ccccc1)C1c2ccccc2N(C(=O)c2ccc(OC(F)(F)F)cc2)C2CCCC12. The van der Waals surface area contributed by atoms with Gasteiger partial charge in [-0.2, -0.15) is 0 Å². The second-order valence-electron chi connectivity index (χ2n) is 10.4. The number of alkyl halides is 3. The van der Waals surface area contributed by atoms with Crippen molar-refractivity contribution in [3.05, 3.63) is 95.6 Å². The fourth-order valence-corrected chi connectivity index (χ4v) is 6.26. The minimum Gasteiger partial charge on any atom is -0.481 e. The van der Waals surface area contributed by atoms with Gasteiger partial charge in [0.05, 0.1) is 0 Å². The number of ether oxygens (including phenoxy) is 1. The third-order valence-corrected chi connectivity index (χ3v) is 7.80. The van der Waals surface area contributed by atoms with E-state index >= 15 is 0 Å². The van der Waals surface area contributed by atoms with Gasteiger partial charge in [0.1, 0.15) is 5.75 Å². The molecule has 40 heavy (non-hydrogen) atoms. The highest BCUT2D eigenvalue weighted by Crippen LogP contribution is 2.51. The third-order valence-electron chi connectivity index (χ3n) is 7.80. The second kappa shape index (κ2) is 11.7. The number of carbonyl (C=O) groups excluding carboxylic acids is 1. The summed E-state index contributed by atoms with van der Waals surface area (Å²) >= 11 is 0. The predicted molar refractivity (Wildman–Crippen MR) is 144 cm³/mol. The van der Waals surface area contributed by atoms with E-state index in [1.165, 1.54) is 12.1 Å². The molecule has 1 saturated carbocycles. The number of amides is 1. The molecule has 3 aromatic rings. The van der Waals surface area contributed by atoms with Gasteiger partial charge < -0.3 is 14.7 Å². The number of carbonyl (C=O) groups is 2. The number of hydrogen-bond donors (Lipinski definition) is 1. The van der Waals surface area contributed by atoms with Crippen LogP contribution in [-0.4, -0.2) is 40.8 Å². The van der Waals surface area contributed by atoms with Crippen molar-refractivity contribution in [2.75, 3.05) is 11.4 Å². The van der Waals surface area contributed by atoms with Crippen LogP contribution < -0.4 is 9.64 Å². The molecule has 1 aliphatic heterocycles. The lowest BCUT2D eigenvalue weighted by atomic mass is 9.81. The molecule has 3 unspecified atom stereocenters. The molecule has 6 nitrogen and oxygen atoms in total. The summed E-state index contributed by atoms with van der Waals surface area (Å²) < 4.78 is 41.9. The maximum Gasteiger partial charge on any atom is 0.573 e. The van der Waals surface area contributed by atoms with Crippen LogP contribution in [0.3, 0.4) is 0 Å². The number of benzene rings is 3. The number of nitrogens with zero attached hydrogens (tertiary/aromatic N) is 2.